The smallest absolute Gasteiger partial charge is 0.101 e. The Morgan fingerprint density at radius 2 is 1.82 bits per heavy atom. The minimum atomic E-state index is 0.592. The first kappa shape index (κ1) is 12.0. The Balaban J connectivity index is 2.30. The average molecular weight is 308 g/mol. The van der Waals surface area contributed by atoms with Gasteiger partial charge in [-0.1, -0.05) is 27.5 Å². The van der Waals surface area contributed by atoms with Crippen molar-refractivity contribution in [2.24, 2.45) is 0 Å². The molecule has 0 radical (unpaired) electrons. The summed E-state index contributed by atoms with van der Waals surface area (Å²) in [4.78, 5) is 0. The Kier molecular flexibility index (Phi) is 3.68. The maximum Gasteiger partial charge on any atom is 0.101 e. The standard InChI is InChI=1S/C13H8BrClN2/c14-10-1-6-13(9(7-10)8-16)17-12-4-2-11(15)3-5-12/h1-7,17H. The molecule has 0 unspecified atom stereocenters. The summed E-state index contributed by atoms with van der Waals surface area (Å²) >= 11 is 9.14. The van der Waals surface area contributed by atoms with E-state index in [0.29, 0.717) is 10.6 Å². The van der Waals surface area contributed by atoms with Crippen molar-refractivity contribution in [2.45, 2.75) is 0 Å². The van der Waals surface area contributed by atoms with Crippen molar-refractivity contribution < 1.29 is 0 Å². The molecule has 1 N–H and O–H groups in total. The van der Waals surface area contributed by atoms with Crippen molar-refractivity contribution in [3.05, 3.63) is 57.5 Å². The molecule has 4 heteroatoms. The maximum atomic E-state index is 9.03. The van der Waals surface area contributed by atoms with Crippen LogP contribution in [0.1, 0.15) is 5.56 Å². The molecule has 0 aliphatic rings. The predicted molar refractivity (Wildman–Crippen MR) is 73.6 cm³/mol. The summed E-state index contributed by atoms with van der Waals surface area (Å²) in [6, 6.07) is 15.0. The molecule has 0 aliphatic heterocycles. The Hall–Kier alpha value is -1.50. The van der Waals surface area contributed by atoms with Crippen LogP contribution in [0.5, 0.6) is 0 Å². The van der Waals surface area contributed by atoms with E-state index in [1.807, 2.05) is 24.3 Å². The van der Waals surface area contributed by atoms with Crippen LogP contribution in [0, 0.1) is 11.3 Å². The van der Waals surface area contributed by atoms with Gasteiger partial charge in [-0.05, 0) is 42.5 Å². The molecule has 2 rings (SSSR count). The molecule has 0 saturated heterocycles. The first-order valence-corrected chi connectivity index (χ1v) is 6.08. The van der Waals surface area contributed by atoms with Gasteiger partial charge < -0.3 is 5.32 Å². The third-order valence-electron chi connectivity index (χ3n) is 2.23. The van der Waals surface area contributed by atoms with Gasteiger partial charge in [0.25, 0.3) is 0 Å². The lowest BCUT2D eigenvalue weighted by Crippen LogP contribution is -1.93. The molecule has 2 nitrogen and oxygen atoms in total. The molecule has 2 aromatic rings. The van der Waals surface area contributed by atoms with Crippen LogP contribution < -0.4 is 5.32 Å². The number of nitrogens with zero attached hydrogens (tertiary/aromatic N) is 1. The maximum absolute atomic E-state index is 9.03. The number of nitrogens with one attached hydrogen (secondary N) is 1. The average Bonchev–Trinajstić information content (AvgIpc) is 2.34. The topological polar surface area (TPSA) is 35.8 Å². The molecule has 0 heterocycles. The van der Waals surface area contributed by atoms with E-state index in [0.717, 1.165) is 15.8 Å². The fourth-order valence-corrected chi connectivity index (χ4v) is 1.89. The van der Waals surface area contributed by atoms with Crippen LogP contribution in [0.2, 0.25) is 5.02 Å². The van der Waals surface area contributed by atoms with Crippen LogP contribution in [0.4, 0.5) is 11.4 Å². The Labute approximate surface area is 113 Å². The highest BCUT2D eigenvalue weighted by Gasteiger charge is 2.02. The zero-order valence-corrected chi connectivity index (χ0v) is 11.1. The van der Waals surface area contributed by atoms with E-state index in [9.17, 15) is 0 Å². The third kappa shape index (κ3) is 3.00. The number of hydrogen-bond donors (Lipinski definition) is 1. The van der Waals surface area contributed by atoms with Crippen LogP contribution >= 0.6 is 27.5 Å². The van der Waals surface area contributed by atoms with E-state index in [1.165, 1.54) is 0 Å². The quantitative estimate of drug-likeness (QED) is 0.871. The van der Waals surface area contributed by atoms with Crippen molar-refractivity contribution in [2.75, 3.05) is 5.32 Å². The van der Waals surface area contributed by atoms with Crippen molar-refractivity contribution in [1.82, 2.24) is 0 Å². The van der Waals surface area contributed by atoms with Crippen molar-refractivity contribution in [1.29, 1.82) is 5.26 Å². The molecule has 0 bridgehead atoms. The van der Waals surface area contributed by atoms with Gasteiger partial charge in [-0.25, -0.2) is 0 Å². The highest BCUT2D eigenvalue weighted by Crippen LogP contribution is 2.24. The van der Waals surface area contributed by atoms with E-state index < -0.39 is 0 Å². The van der Waals surface area contributed by atoms with Crippen LogP contribution in [-0.2, 0) is 0 Å². The van der Waals surface area contributed by atoms with Crippen molar-refractivity contribution in [3.8, 4) is 6.07 Å². The molecule has 0 spiro atoms. The molecule has 0 saturated carbocycles. The first-order valence-electron chi connectivity index (χ1n) is 4.91. The van der Waals surface area contributed by atoms with Gasteiger partial charge in [0.15, 0.2) is 0 Å². The molecular weight excluding hydrogens is 300 g/mol. The number of nitriles is 1. The lowest BCUT2D eigenvalue weighted by molar-refractivity contribution is 1.45. The second-order valence-electron chi connectivity index (χ2n) is 3.43. The molecule has 2 aromatic carbocycles. The molecule has 84 valence electrons. The van der Waals surface area contributed by atoms with Gasteiger partial charge >= 0.3 is 0 Å². The summed E-state index contributed by atoms with van der Waals surface area (Å²) in [7, 11) is 0. The van der Waals surface area contributed by atoms with Gasteiger partial charge in [-0.15, -0.1) is 0 Å². The van der Waals surface area contributed by atoms with Gasteiger partial charge in [0.2, 0.25) is 0 Å². The van der Waals surface area contributed by atoms with E-state index in [-0.39, 0.29) is 0 Å². The van der Waals surface area contributed by atoms with Crippen LogP contribution in [0.3, 0.4) is 0 Å². The van der Waals surface area contributed by atoms with Crippen molar-refractivity contribution >= 4 is 38.9 Å². The summed E-state index contributed by atoms with van der Waals surface area (Å²) < 4.78 is 0.885. The third-order valence-corrected chi connectivity index (χ3v) is 2.97. The van der Waals surface area contributed by atoms with Gasteiger partial charge in [-0.3, -0.25) is 0 Å². The van der Waals surface area contributed by atoms with E-state index in [1.54, 1.807) is 18.2 Å². The fourth-order valence-electron chi connectivity index (χ4n) is 1.41. The van der Waals surface area contributed by atoms with Crippen LogP contribution in [0.25, 0.3) is 0 Å². The minimum Gasteiger partial charge on any atom is -0.354 e. The summed E-state index contributed by atoms with van der Waals surface area (Å²) in [5.41, 5.74) is 2.26. The second kappa shape index (κ2) is 5.22. The second-order valence-corrected chi connectivity index (χ2v) is 4.79. The summed E-state index contributed by atoms with van der Waals surface area (Å²) in [5.74, 6) is 0. The monoisotopic (exact) mass is 306 g/mol. The molecule has 0 fully saturated rings. The highest BCUT2D eigenvalue weighted by molar-refractivity contribution is 9.10. The van der Waals surface area contributed by atoms with Gasteiger partial charge in [0.1, 0.15) is 6.07 Å². The molecule has 17 heavy (non-hydrogen) atoms. The Morgan fingerprint density at radius 3 is 2.47 bits per heavy atom. The van der Waals surface area contributed by atoms with Gasteiger partial charge in [0.05, 0.1) is 11.3 Å². The molecule has 0 atom stereocenters. The SMILES string of the molecule is N#Cc1cc(Br)ccc1Nc1ccc(Cl)cc1. The normalized spacial score (nSPS) is 9.71. The van der Waals surface area contributed by atoms with E-state index in [2.05, 4.69) is 27.3 Å². The molecule has 0 amide bonds. The Bertz CT molecular complexity index is 573. The number of hydrogen-bond acceptors (Lipinski definition) is 2. The summed E-state index contributed by atoms with van der Waals surface area (Å²) in [6.07, 6.45) is 0. The van der Waals surface area contributed by atoms with Gasteiger partial charge in [-0.2, -0.15) is 5.26 Å². The van der Waals surface area contributed by atoms with Gasteiger partial charge in [0, 0.05) is 15.2 Å². The predicted octanol–water partition coefficient (Wildman–Crippen LogP) is 4.72. The summed E-state index contributed by atoms with van der Waals surface area (Å²) in [5, 5.41) is 12.9. The largest absolute Gasteiger partial charge is 0.354 e. The van der Waals surface area contributed by atoms with Crippen LogP contribution in [-0.4, -0.2) is 0 Å². The zero-order chi connectivity index (χ0) is 12.3. The first-order chi connectivity index (χ1) is 8.19. The van der Waals surface area contributed by atoms with E-state index >= 15 is 0 Å². The molecular formula is C13H8BrClN2. The number of benzene rings is 2. The zero-order valence-electron chi connectivity index (χ0n) is 8.74. The fraction of sp³-hybridized carbons (Fsp3) is 0. The number of rotatable bonds is 2. The van der Waals surface area contributed by atoms with Crippen molar-refractivity contribution in [3.63, 3.8) is 0 Å². The van der Waals surface area contributed by atoms with Crippen LogP contribution in [0.15, 0.2) is 46.9 Å². The number of anilines is 2. The highest BCUT2D eigenvalue weighted by atomic mass is 79.9. The summed E-state index contributed by atoms with van der Waals surface area (Å²) in [6.45, 7) is 0. The minimum absolute atomic E-state index is 0.592. The van der Waals surface area contributed by atoms with E-state index in [4.69, 9.17) is 16.9 Å². The lowest BCUT2D eigenvalue weighted by atomic mass is 10.2. The lowest BCUT2D eigenvalue weighted by Gasteiger charge is -2.08. The Morgan fingerprint density at radius 1 is 1.12 bits per heavy atom. The number of halogens is 2. The molecule has 0 aliphatic carbocycles. The molecule has 0 aromatic heterocycles.